The summed E-state index contributed by atoms with van der Waals surface area (Å²) in [5.74, 6) is 0.148. The highest BCUT2D eigenvalue weighted by molar-refractivity contribution is 5.91. The molecule has 1 radical (unpaired) electrons. The van der Waals surface area contributed by atoms with Gasteiger partial charge in [0.2, 0.25) is 5.96 Å². The summed E-state index contributed by atoms with van der Waals surface area (Å²) in [4.78, 5) is 3.53. The van der Waals surface area contributed by atoms with Crippen LogP contribution in [0.1, 0.15) is 0 Å². The maximum atomic E-state index is 6.68. The summed E-state index contributed by atoms with van der Waals surface area (Å²) in [5.41, 5.74) is 0. The molecule has 1 aliphatic rings. The number of aliphatic imine (C=N–C) groups is 1. The van der Waals surface area contributed by atoms with Crippen molar-refractivity contribution in [1.82, 2.24) is 5.32 Å². The molecule has 1 N–H and O–H groups in total. The van der Waals surface area contributed by atoms with Crippen LogP contribution in [0, 0.1) is 5.41 Å². The SMILES string of the molecule is N=C1[N]CC=N1. The van der Waals surface area contributed by atoms with Crippen molar-refractivity contribution in [3.8, 4) is 0 Å². The van der Waals surface area contributed by atoms with Crippen molar-refractivity contribution >= 4 is 12.2 Å². The smallest absolute Gasteiger partial charge is 0.237 e. The van der Waals surface area contributed by atoms with Crippen LogP contribution in [0.3, 0.4) is 0 Å². The molecule has 1 rings (SSSR count). The molecule has 0 unspecified atom stereocenters. The zero-order chi connectivity index (χ0) is 4.41. The Balaban J connectivity index is 2.59. The van der Waals surface area contributed by atoms with Crippen LogP contribution in [0.15, 0.2) is 4.99 Å². The van der Waals surface area contributed by atoms with E-state index < -0.39 is 0 Å². The first-order valence-electron chi connectivity index (χ1n) is 1.68. The summed E-state index contributed by atoms with van der Waals surface area (Å²) in [6.07, 6.45) is 1.61. The summed E-state index contributed by atoms with van der Waals surface area (Å²) in [6.45, 7) is 0.596. The van der Waals surface area contributed by atoms with Crippen LogP contribution in [-0.4, -0.2) is 18.7 Å². The lowest BCUT2D eigenvalue weighted by atomic mass is 10.8. The molecule has 0 aliphatic carbocycles. The van der Waals surface area contributed by atoms with Gasteiger partial charge in [0.05, 0.1) is 6.54 Å². The minimum absolute atomic E-state index is 0.148. The molecule has 1 heterocycles. The fourth-order valence-electron chi connectivity index (χ4n) is 0.295. The number of guanidine groups is 1. The van der Waals surface area contributed by atoms with E-state index in [1.807, 2.05) is 0 Å². The van der Waals surface area contributed by atoms with Crippen LogP contribution in [0.2, 0.25) is 0 Å². The van der Waals surface area contributed by atoms with Crippen LogP contribution < -0.4 is 5.32 Å². The van der Waals surface area contributed by atoms with Gasteiger partial charge in [-0.3, -0.25) is 5.41 Å². The van der Waals surface area contributed by atoms with Gasteiger partial charge < -0.3 is 0 Å². The molecule has 3 heteroatoms. The first-order valence-corrected chi connectivity index (χ1v) is 1.68. The van der Waals surface area contributed by atoms with E-state index in [1.54, 1.807) is 6.21 Å². The van der Waals surface area contributed by atoms with Crippen LogP contribution in [0.25, 0.3) is 0 Å². The lowest BCUT2D eigenvalue weighted by molar-refractivity contribution is 1.08. The molecule has 6 heavy (non-hydrogen) atoms. The Morgan fingerprint density at radius 2 is 2.67 bits per heavy atom. The molecule has 0 aromatic rings. The second kappa shape index (κ2) is 1.08. The first kappa shape index (κ1) is 3.33. The third-order valence-corrected chi connectivity index (χ3v) is 0.536. The molecule has 1 aliphatic heterocycles. The molecule has 0 spiro atoms. The molecule has 0 saturated heterocycles. The van der Waals surface area contributed by atoms with Crippen molar-refractivity contribution in [3.05, 3.63) is 0 Å². The number of rotatable bonds is 0. The third-order valence-electron chi connectivity index (χ3n) is 0.536. The van der Waals surface area contributed by atoms with E-state index in [2.05, 4.69) is 10.3 Å². The molecule has 0 saturated carbocycles. The van der Waals surface area contributed by atoms with E-state index in [1.165, 1.54) is 0 Å². The number of nitrogens with one attached hydrogen (secondary N) is 1. The van der Waals surface area contributed by atoms with Crippen molar-refractivity contribution in [2.45, 2.75) is 0 Å². The predicted octanol–water partition coefficient (Wildman–Crippen LogP) is -0.390. The maximum absolute atomic E-state index is 6.68. The van der Waals surface area contributed by atoms with Crippen molar-refractivity contribution in [3.63, 3.8) is 0 Å². The van der Waals surface area contributed by atoms with E-state index >= 15 is 0 Å². The molecular weight excluding hydrogens is 78.1 g/mol. The van der Waals surface area contributed by atoms with Crippen molar-refractivity contribution in [2.24, 2.45) is 4.99 Å². The van der Waals surface area contributed by atoms with Gasteiger partial charge in [0, 0.05) is 6.21 Å². The Kier molecular flexibility index (Phi) is 0.602. The summed E-state index contributed by atoms with van der Waals surface area (Å²) in [6, 6.07) is 0. The molecule has 0 amide bonds. The van der Waals surface area contributed by atoms with Gasteiger partial charge in [0.1, 0.15) is 0 Å². The van der Waals surface area contributed by atoms with Crippen molar-refractivity contribution in [1.29, 1.82) is 5.41 Å². The van der Waals surface area contributed by atoms with Crippen LogP contribution in [-0.2, 0) is 0 Å². The Morgan fingerprint density at radius 1 is 1.83 bits per heavy atom. The number of hydrogen-bond acceptors (Lipinski definition) is 1. The quantitative estimate of drug-likeness (QED) is 0.414. The largest absolute Gasteiger partial charge is 0.266 e. The first-order chi connectivity index (χ1) is 2.89. The second-order valence-corrected chi connectivity index (χ2v) is 0.976. The lowest BCUT2D eigenvalue weighted by Crippen LogP contribution is -2.03. The Bertz CT molecular complexity index is 94.2. The summed E-state index contributed by atoms with van der Waals surface area (Å²) in [5, 5.41) is 10.3. The highest BCUT2D eigenvalue weighted by Crippen LogP contribution is 1.76. The zero-order valence-corrected chi connectivity index (χ0v) is 3.18. The van der Waals surface area contributed by atoms with Gasteiger partial charge >= 0.3 is 0 Å². The van der Waals surface area contributed by atoms with Gasteiger partial charge in [-0.1, -0.05) is 0 Å². The van der Waals surface area contributed by atoms with Crippen molar-refractivity contribution in [2.75, 3.05) is 6.54 Å². The summed E-state index contributed by atoms with van der Waals surface area (Å²) < 4.78 is 0. The van der Waals surface area contributed by atoms with Crippen molar-refractivity contribution < 1.29 is 0 Å². The fourth-order valence-corrected chi connectivity index (χ4v) is 0.295. The molecule has 0 bridgehead atoms. The number of hydrogen-bond donors (Lipinski definition) is 1. The van der Waals surface area contributed by atoms with Gasteiger partial charge in [-0.25, -0.2) is 10.3 Å². The fraction of sp³-hybridized carbons (Fsp3) is 0.333. The highest BCUT2D eigenvalue weighted by Gasteiger charge is 1.95. The van der Waals surface area contributed by atoms with Gasteiger partial charge in [-0.05, 0) is 0 Å². The van der Waals surface area contributed by atoms with Crippen LogP contribution in [0.4, 0.5) is 0 Å². The molecule has 0 aromatic heterocycles. The Morgan fingerprint density at radius 3 is 2.83 bits per heavy atom. The second-order valence-electron chi connectivity index (χ2n) is 0.976. The van der Waals surface area contributed by atoms with Crippen LogP contribution >= 0.6 is 0 Å². The maximum Gasteiger partial charge on any atom is 0.237 e. The summed E-state index contributed by atoms with van der Waals surface area (Å²) in [7, 11) is 0. The zero-order valence-electron chi connectivity index (χ0n) is 3.18. The normalized spacial score (nSPS) is 18.3. The topological polar surface area (TPSA) is 50.3 Å². The molecular formula is C3H4N3. The molecule has 0 fully saturated rings. The molecule has 0 aromatic carbocycles. The summed E-state index contributed by atoms with van der Waals surface area (Å²) >= 11 is 0. The van der Waals surface area contributed by atoms with Gasteiger partial charge in [0.15, 0.2) is 0 Å². The predicted molar refractivity (Wildman–Crippen MR) is 23.2 cm³/mol. The van der Waals surface area contributed by atoms with Crippen LogP contribution in [0.5, 0.6) is 0 Å². The van der Waals surface area contributed by atoms with E-state index in [4.69, 9.17) is 5.41 Å². The molecule has 31 valence electrons. The molecule has 3 nitrogen and oxygen atoms in total. The van der Waals surface area contributed by atoms with Gasteiger partial charge in [0.25, 0.3) is 0 Å². The standard InChI is InChI=1S/C3H4N3/c4-3-5-1-2-6-3/h1,4H,2H2. The monoisotopic (exact) mass is 82.0 g/mol. The van der Waals surface area contributed by atoms with E-state index in [9.17, 15) is 0 Å². The molecule has 0 atom stereocenters. The average Bonchev–Trinajstić information content (AvgIpc) is 1.86. The number of nitrogens with zero attached hydrogens (tertiary/aromatic N) is 2. The third kappa shape index (κ3) is 0.381. The highest BCUT2D eigenvalue weighted by atomic mass is 15.1. The minimum Gasteiger partial charge on any atom is -0.266 e. The Hall–Kier alpha value is -0.860. The van der Waals surface area contributed by atoms with E-state index in [0.29, 0.717) is 6.54 Å². The average molecular weight is 82.1 g/mol. The Labute approximate surface area is 35.6 Å². The van der Waals surface area contributed by atoms with E-state index in [0.717, 1.165) is 0 Å². The minimum atomic E-state index is 0.148. The van der Waals surface area contributed by atoms with Gasteiger partial charge in [-0.15, -0.1) is 0 Å². The van der Waals surface area contributed by atoms with E-state index in [-0.39, 0.29) is 5.96 Å². The van der Waals surface area contributed by atoms with Gasteiger partial charge in [-0.2, -0.15) is 0 Å². The lowest BCUT2D eigenvalue weighted by Gasteiger charge is -1.77.